The summed E-state index contributed by atoms with van der Waals surface area (Å²) in [5, 5.41) is 0. The fourth-order valence-electron chi connectivity index (χ4n) is 6.25. The third kappa shape index (κ3) is 11.9. The van der Waals surface area contributed by atoms with Crippen LogP contribution < -0.4 is 4.90 Å². The van der Waals surface area contributed by atoms with E-state index in [0.717, 1.165) is 19.0 Å². The Balaban J connectivity index is 0.00000441. The molecule has 0 aliphatic heterocycles. The van der Waals surface area contributed by atoms with Crippen LogP contribution in [0.15, 0.2) is 84.9 Å². The van der Waals surface area contributed by atoms with E-state index in [9.17, 15) is 0 Å². The molecule has 1 unspecified atom stereocenters. The van der Waals surface area contributed by atoms with Gasteiger partial charge in [0, 0.05) is 24.2 Å². The van der Waals surface area contributed by atoms with Crippen molar-refractivity contribution in [1.82, 2.24) is 0 Å². The second-order valence-electron chi connectivity index (χ2n) is 11.6. The molecule has 3 rings (SSSR count). The lowest BCUT2D eigenvalue weighted by Gasteiger charge is -2.37. The molecule has 0 bridgehead atoms. The van der Waals surface area contributed by atoms with Crippen molar-refractivity contribution in [3.05, 3.63) is 102 Å². The van der Waals surface area contributed by atoms with E-state index >= 15 is 0 Å². The lowest BCUT2D eigenvalue weighted by atomic mass is 9.66. The molecule has 0 N–H and O–H groups in total. The van der Waals surface area contributed by atoms with Gasteiger partial charge in [0.25, 0.3) is 0 Å². The highest BCUT2D eigenvalue weighted by Gasteiger charge is 2.36. The summed E-state index contributed by atoms with van der Waals surface area (Å²) in [7, 11) is 2.96. The van der Waals surface area contributed by atoms with E-state index in [4.69, 9.17) is 0 Å². The van der Waals surface area contributed by atoms with Crippen molar-refractivity contribution in [1.29, 1.82) is 0 Å². The first-order valence-electron chi connectivity index (χ1n) is 16.4. The Bertz CT molecular complexity index is 988. The molecule has 1 atom stereocenters. The van der Waals surface area contributed by atoms with Gasteiger partial charge in [0.05, 0.1) is 0 Å². The lowest BCUT2D eigenvalue weighted by molar-refractivity contribution is 0.551. The molecule has 0 heterocycles. The molecule has 3 aromatic carbocycles. The number of benzene rings is 3. The fourth-order valence-corrected chi connectivity index (χ4v) is 6.45. The average Bonchev–Trinajstić information content (AvgIpc) is 3.01. The molecule has 1 nitrogen and oxygen atoms in total. The first-order chi connectivity index (χ1) is 19.8. The van der Waals surface area contributed by atoms with Crippen LogP contribution in [0.1, 0.15) is 120 Å². The molecule has 0 spiro atoms. The Morgan fingerprint density at radius 3 is 1.45 bits per heavy atom. The summed E-state index contributed by atoms with van der Waals surface area (Å²) in [4.78, 5) is 2.71. The van der Waals surface area contributed by atoms with E-state index < -0.39 is 0 Å². The number of hydrogen-bond acceptors (Lipinski definition) is 1. The molecular weight excluding hydrogens is 572 g/mol. The smallest absolute Gasteiger partial charge is 0.0452 e. The molecule has 0 aliphatic carbocycles. The monoisotopic (exact) mass is 629 g/mol. The molecule has 0 aromatic heterocycles. The predicted molar refractivity (Wildman–Crippen MR) is 196 cm³/mol. The normalized spacial score (nSPS) is 11.0. The van der Waals surface area contributed by atoms with Gasteiger partial charge in [-0.25, -0.2) is 0 Å². The second-order valence-corrected chi connectivity index (χ2v) is 12.2. The zero-order valence-corrected chi connectivity index (χ0v) is 29.2. The van der Waals surface area contributed by atoms with E-state index in [-0.39, 0.29) is 30.2 Å². The van der Waals surface area contributed by atoms with Crippen LogP contribution in [0.25, 0.3) is 0 Å². The molecule has 42 heavy (non-hydrogen) atoms. The zero-order valence-electron chi connectivity index (χ0n) is 26.4. The van der Waals surface area contributed by atoms with Crippen molar-refractivity contribution in [2.24, 2.45) is 0 Å². The summed E-state index contributed by atoms with van der Waals surface area (Å²) >= 11 is 0. The number of halogens is 2. The summed E-state index contributed by atoms with van der Waals surface area (Å²) in [5.74, 6) is 0. The highest BCUT2D eigenvalue weighted by atomic mass is 35.5. The first kappa shape index (κ1) is 38.5. The van der Waals surface area contributed by atoms with Gasteiger partial charge >= 0.3 is 0 Å². The van der Waals surface area contributed by atoms with Crippen LogP contribution in [0.2, 0.25) is 0 Å². The van der Waals surface area contributed by atoms with Gasteiger partial charge < -0.3 is 4.90 Å². The molecule has 0 saturated carbocycles. The van der Waals surface area contributed by atoms with Crippen LogP contribution in [-0.2, 0) is 5.41 Å². The standard InChI is InChI=1S/C38H56NP.2ClH/c1-3-5-7-9-11-19-30-39(31-20-12-10-8-6-4-2)37-28-21-27-36(33-37)38(29-22-32-40,34-23-15-13-16-24-34)35-25-17-14-18-26-35;;/h13-18,21,23-28,33H,3-12,19-20,22,29-32,40H2,1-2H3;2*1H. The van der Waals surface area contributed by atoms with E-state index in [1.165, 1.54) is 113 Å². The Kier molecular flexibility index (Phi) is 21.0. The van der Waals surface area contributed by atoms with Crippen LogP contribution in [-0.4, -0.2) is 19.3 Å². The van der Waals surface area contributed by atoms with Gasteiger partial charge in [-0.05, 0) is 60.7 Å². The molecule has 0 radical (unpaired) electrons. The minimum atomic E-state index is -0.152. The summed E-state index contributed by atoms with van der Waals surface area (Å²) < 4.78 is 0. The number of anilines is 1. The van der Waals surface area contributed by atoms with Gasteiger partial charge in [-0.2, -0.15) is 0 Å². The SMILES string of the molecule is CCCCCCCCN(CCCCCCCC)c1cccc(C(CCCP)(c2ccccc2)c2ccccc2)c1.Cl.Cl. The van der Waals surface area contributed by atoms with Gasteiger partial charge in [0.2, 0.25) is 0 Å². The van der Waals surface area contributed by atoms with E-state index in [1.54, 1.807) is 0 Å². The largest absolute Gasteiger partial charge is 0.372 e. The van der Waals surface area contributed by atoms with Crippen molar-refractivity contribution in [2.45, 2.75) is 109 Å². The maximum absolute atomic E-state index is 2.96. The second kappa shape index (κ2) is 22.9. The minimum Gasteiger partial charge on any atom is -0.372 e. The Morgan fingerprint density at radius 1 is 0.524 bits per heavy atom. The summed E-state index contributed by atoms with van der Waals surface area (Å²) in [6, 6.07) is 32.1. The van der Waals surface area contributed by atoms with E-state index in [2.05, 4.69) is 113 Å². The number of rotatable bonds is 21. The van der Waals surface area contributed by atoms with E-state index in [0.29, 0.717) is 0 Å². The molecule has 0 saturated heterocycles. The molecule has 234 valence electrons. The third-order valence-electron chi connectivity index (χ3n) is 8.56. The van der Waals surface area contributed by atoms with Crippen LogP contribution in [0, 0.1) is 0 Å². The van der Waals surface area contributed by atoms with E-state index in [1.807, 2.05) is 0 Å². The number of hydrogen-bond donors (Lipinski definition) is 0. The molecule has 4 heteroatoms. The van der Waals surface area contributed by atoms with Crippen LogP contribution >= 0.6 is 34.1 Å². The van der Waals surface area contributed by atoms with Crippen LogP contribution in [0.5, 0.6) is 0 Å². The zero-order chi connectivity index (χ0) is 28.3. The van der Waals surface area contributed by atoms with Crippen molar-refractivity contribution < 1.29 is 0 Å². The first-order valence-corrected chi connectivity index (χ1v) is 17.2. The van der Waals surface area contributed by atoms with Crippen molar-refractivity contribution in [3.63, 3.8) is 0 Å². The average molecular weight is 631 g/mol. The quantitative estimate of drug-likeness (QED) is 0.0643. The fraction of sp³-hybridized carbons (Fsp3) is 0.526. The van der Waals surface area contributed by atoms with Gasteiger partial charge in [-0.15, -0.1) is 34.1 Å². The molecule has 3 aromatic rings. The molecule has 0 aliphatic rings. The topological polar surface area (TPSA) is 3.24 Å². The summed E-state index contributed by atoms with van der Waals surface area (Å²) in [5.41, 5.74) is 5.48. The van der Waals surface area contributed by atoms with Crippen LogP contribution in [0.3, 0.4) is 0 Å². The minimum absolute atomic E-state index is 0. The maximum atomic E-state index is 2.96. The molecule has 0 amide bonds. The van der Waals surface area contributed by atoms with Gasteiger partial charge in [0.1, 0.15) is 0 Å². The number of unbranched alkanes of at least 4 members (excludes halogenated alkanes) is 10. The maximum Gasteiger partial charge on any atom is 0.0452 e. The summed E-state index contributed by atoms with van der Waals surface area (Å²) in [6.45, 7) is 6.94. The Morgan fingerprint density at radius 2 is 0.976 bits per heavy atom. The summed E-state index contributed by atoms with van der Waals surface area (Å²) in [6.07, 6.45) is 19.6. The molecule has 0 fully saturated rings. The van der Waals surface area contributed by atoms with Gasteiger partial charge in [0.15, 0.2) is 0 Å². The highest BCUT2D eigenvalue weighted by molar-refractivity contribution is 7.16. The Hall–Kier alpha value is -1.53. The number of nitrogens with zero attached hydrogens (tertiary/aromatic N) is 1. The highest BCUT2D eigenvalue weighted by Crippen LogP contribution is 2.44. The van der Waals surface area contributed by atoms with Crippen molar-refractivity contribution >= 4 is 39.7 Å². The van der Waals surface area contributed by atoms with Crippen molar-refractivity contribution in [3.8, 4) is 0 Å². The molecular formula is C38H58Cl2NP. The van der Waals surface area contributed by atoms with Gasteiger partial charge in [-0.1, -0.05) is 151 Å². The van der Waals surface area contributed by atoms with Gasteiger partial charge in [-0.3, -0.25) is 0 Å². The predicted octanol–water partition coefficient (Wildman–Crippen LogP) is 12.0. The lowest BCUT2D eigenvalue weighted by Crippen LogP contribution is -2.31. The van der Waals surface area contributed by atoms with Crippen LogP contribution in [0.4, 0.5) is 5.69 Å². The third-order valence-corrected chi connectivity index (χ3v) is 8.96. The van der Waals surface area contributed by atoms with Crippen molar-refractivity contribution in [2.75, 3.05) is 24.2 Å². The Labute approximate surface area is 273 Å².